The first-order valence-electron chi connectivity index (χ1n) is 7.95. The van der Waals surface area contributed by atoms with E-state index in [1.165, 1.54) is 12.1 Å². The summed E-state index contributed by atoms with van der Waals surface area (Å²) < 4.78 is 24.1. The predicted molar refractivity (Wildman–Crippen MR) is 81.8 cm³/mol. The maximum Gasteiger partial charge on any atom is 0.220 e. The van der Waals surface area contributed by atoms with Crippen LogP contribution in [0.25, 0.3) is 11.0 Å². The number of hydrogen-bond acceptors (Lipinski definition) is 5. The Morgan fingerprint density at radius 2 is 2.21 bits per heavy atom. The minimum Gasteiger partial charge on any atom is -0.388 e. The second kappa shape index (κ2) is 6.12. The highest BCUT2D eigenvalue weighted by Crippen LogP contribution is 2.27. The van der Waals surface area contributed by atoms with Gasteiger partial charge in [-0.05, 0) is 18.2 Å². The monoisotopic (exact) mass is 335 g/mol. The summed E-state index contributed by atoms with van der Waals surface area (Å²) in [4.78, 5) is 19.5. The number of benzene rings is 1. The van der Waals surface area contributed by atoms with Crippen LogP contribution in [-0.2, 0) is 20.7 Å². The summed E-state index contributed by atoms with van der Waals surface area (Å²) in [6, 6.07) is 4.09. The second-order valence-corrected chi connectivity index (χ2v) is 6.18. The normalized spacial score (nSPS) is 29.1. The molecule has 4 rings (SSSR count). The Morgan fingerprint density at radius 1 is 1.38 bits per heavy atom. The molecular weight excluding hydrogens is 317 g/mol. The van der Waals surface area contributed by atoms with Crippen molar-refractivity contribution in [1.82, 2.24) is 15.3 Å². The molecule has 128 valence electrons. The minimum atomic E-state index is -0.632. The van der Waals surface area contributed by atoms with E-state index in [0.717, 1.165) is 0 Å². The highest BCUT2D eigenvalue weighted by molar-refractivity contribution is 5.77. The summed E-state index contributed by atoms with van der Waals surface area (Å²) in [5.74, 6) is 0.171. The molecule has 0 saturated carbocycles. The summed E-state index contributed by atoms with van der Waals surface area (Å²) in [6.45, 7) is 0.569. The summed E-state index contributed by atoms with van der Waals surface area (Å²) in [6.07, 6.45) is -0.613. The van der Waals surface area contributed by atoms with Gasteiger partial charge >= 0.3 is 0 Å². The van der Waals surface area contributed by atoms with Crippen molar-refractivity contribution in [2.45, 2.75) is 37.2 Å². The molecule has 4 atom stereocenters. The van der Waals surface area contributed by atoms with Crippen LogP contribution in [0.4, 0.5) is 4.39 Å². The topological polar surface area (TPSA) is 96.5 Å². The van der Waals surface area contributed by atoms with Gasteiger partial charge in [-0.25, -0.2) is 9.37 Å². The molecule has 0 bridgehead atoms. The fraction of sp³-hybridized carbons (Fsp3) is 0.500. The number of amides is 1. The quantitative estimate of drug-likeness (QED) is 0.746. The summed E-state index contributed by atoms with van der Waals surface area (Å²) in [7, 11) is 0. The molecule has 2 aliphatic heterocycles. The molecule has 2 fully saturated rings. The van der Waals surface area contributed by atoms with Gasteiger partial charge in [0.2, 0.25) is 5.91 Å². The Hall–Kier alpha value is -2.03. The van der Waals surface area contributed by atoms with Crippen LogP contribution >= 0.6 is 0 Å². The predicted octanol–water partition coefficient (Wildman–Crippen LogP) is 0.278. The lowest BCUT2D eigenvalue weighted by Gasteiger charge is -2.17. The lowest BCUT2D eigenvalue weighted by Crippen LogP contribution is -2.44. The van der Waals surface area contributed by atoms with E-state index in [-0.39, 0.29) is 43.0 Å². The molecule has 3 N–H and O–H groups in total. The molecule has 1 aromatic heterocycles. The maximum atomic E-state index is 13.2. The first kappa shape index (κ1) is 15.5. The summed E-state index contributed by atoms with van der Waals surface area (Å²) >= 11 is 0. The number of aliphatic hydroxyl groups is 1. The highest BCUT2D eigenvalue weighted by atomic mass is 19.1. The number of aliphatic hydroxyl groups excluding tert-OH is 1. The van der Waals surface area contributed by atoms with Gasteiger partial charge in [-0.3, -0.25) is 4.79 Å². The zero-order chi connectivity index (χ0) is 16.7. The number of nitrogens with zero attached hydrogens (tertiary/aromatic N) is 1. The van der Waals surface area contributed by atoms with Gasteiger partial charge in [0.1, 0.15) is 30.0 Å². The Labute approximate surface area is 137 Å². The average Bonchev–Trinajstić information content (AvgIpc) is 3.22. The number of aromatic amines is 1. The first-order valence-corrected chi connectivity index (χ1v) is 7.95. The molecule has 0 radical (unpaired) electrons. The maximum absolute atomic E-state index is 13.2. The van der Waals surface area contributed by atoms with E-state index in [1.807, 2.05) is 0 Å². The van der Waals surface area contributed by atoms with Crippen molar-refractivity contribution in [2.75, 3.05) is 13.2 Å². The van der Waals surface area contributed by atoms with Gasteiger partial charge in [-0.1, -0.05) is 0 Å². The van der Waals surface area contributed by atoms with E-state index < -0.39 is 6.10 Å². The van der Waals surface area contributed by atoms with Crippen molar-refractivity contribution < 1.29 is 23.8 Å². The lowest BCUT2D eigenvalue weighted by molar-refractivity contribution is -0.122. The third kappa shape index (κ3) is 2.88. The van der Waals surface area contributed by atoms with Crippen molar-refractivity contribution in [3.8, 4) is 0 Å². The molecule has 24 heavy (non-hydrogen) atoms. The number of rotatable bonds is 4. The standard InChI is InChI=1S/C16H18FN3O4/c17-8-1-2-9-10(5-8)19-13(18-9)3-4-14(22)20-11-6-23-16-12(21)7-24-15(11)16/h1-2,5,11-12,15-16,21H,3-4,6-7H2,(H,18,19)(H,20,22). The van der Waals surface area contributed by atoms with E-state index in [4.69, 9.17) is 9.47 Å². The average molecular weight is 335 g/mol. The van der Waals surface area contributed by atoms with Crippen LogP contribution in [0, 0.1) is 5.82 Å². The fourth-order valence-corrected chi connectivity index (χ4v) is 3.27. The number of carbonyl (C=O) groups is 1. The van der Waals surface area contributed by atoms with Gasteiger partial charge < -0.3 is 24.9 Å². The smallest absolute Gasteiger partial charge is 0.220 e. The van der Waals surface area contributed by atoms with E-state index >= 15 is 0 Å². The van der Waals surface area contributed by atoms with Crippen molar-refractivity contribution in [1.29, 1.82) is 0 Å². The Kier molecular flexibility index (Phi) is 3.95. The highest BCUT2D eigenvalue weighted by Gasteiger charge is 2.47. The molecule has 0 spiro atoms. The Bertz CT molecular complexity index is 765. The zero-order valence-electron chi connectivity index (χ0n) is 12.9. The van der Waals surface area contributed by atoms with E-state index in [9.17, 15) is 14.3 Å². The third-order valence-electron chi connectivity index (χ3n) is 4.46. The van der Waals surface area contributed by atoms with Gasteiger partial charge in [0.15, 0.2) is 0 Å². The number of aromatic nitrogens is 2. The molecular formula is C16H18FN3O4. The van der Waals surface area contributed by atoms with E-state index in [0.29, 0.717) is 29.9 Å². The number of carbonyl (C=O) groups excluding carboxylic acids is 1. The fourth-order valence-electron chi connectivity index (χ4n) is 3.27. The van der Waals surface area contributed by atoms with Crippen LogP contribution in [0.5, 0.6) is 0 Å². The molecule has 7 nitrogen and oxygen atoms in total. The molecule has 8 heteroatoms. The molecule has 2 saturated heterocycles. The third-order valence-corrected chi connectivity index (χ3v) is 4.46. The number of nitrogens with one attached hydrogen (secondary N) is 2. The van der Waals surface area contributed by atoms with Crippen LogP contribution in [0.15, 0.2) is 18.2 Å². The van der Waals surface area contributed by atoms with Gasteiger partial charge in [0, 0.05) is 12.8 Å². The van der Waals surface area contributed by atoms with Crippen LogP contribution in [-0.4, -0.2) is 58.5 Å². The largest absolute Gasteiger partial charge is 0.388 e. The lowest BCUT2D eigenvalue weighted by atomic mass is 10.1. The van der Waals surface area contributed by atoms with Crippen molar-refractivity contribution >= 4 is 16.9 Å². The number of hydrogen-bond donors (Lipinski definition) is 3. The van der Waals surface area contributed by atoms with E-state index in [1.54, 1.807) is 6.07 Å². The SMILES string of the molecule is O=C(CCc1nc2ccc(F)cc2[nH]1)NC1COC2C(O)COC12. The zero-order valence-corrected chi connectivity index (χ0v) is 12.9. The molecule has 1 amide bonds. The van der Waals surface area contributed by atoms with Crippen LogP contribution < -0.4 is 5.32 Å². The molecule has 2 aliphatic rings. The van der Waals surface area contributed by atoms with Crippen molar-refractivity contribution in [3.05, 3.63) is 29.8 Å². The van der Waals surface area contributed by atoms with Gasteiger partial charge in [-0.2, -0.15) is 0 Å². The van der Waals surface area contributed by atoms with Crippen molar-refractivity contribution in [3.63, 3.8) is 0 Å². The molecule has 0 aliphatic carbocycles. The summed E-state index contributed by atoms with van der Waals surface area (Å²) in [5.41, 5.74) is 1.29. The number of halogens is 1. The molecule has 3 heterocycles. The number of fused-ring (bicyclic) bond motifs is 2. The molecule has 4 unspecified atom stereocenters. The number of aryl methyl sites for hydroxylation is 1. The second-order valence-electron chi connectivity index (χ2n) is 6.18. The van der Waals surface area contributed by atoms with Crippen LogP contribution in [0.3, 0.4) is 0 Å². The van der Waals surface area contributed by atoms with Crippen LogP contribution in [0.2, 0.25) is 0 Å². The molecule has 2 aromatic rings. The number of ether oxygens (including phenoxy) is 2. The summed E-state index contributed by atoms with van der Waals surface area (Å²) in [5, 5.41) is 12.6. The van der Waals surface area contributed by atoms with E-state index in [2.05, 4.69) is 15.3 Å². The number of imidazole rings is 1. The van der Waals surface area contributed by atoms with Gasteiger partial charge in [-0.15, -0.1) is 0 Å². The van der Waals surface area contributed by atoms with Crippen molar-refractivity contribution in [2.24, 2.45) is 0 Å². The van der Waals surface area contributed by atoms with Gasteiger partial charge in [0.05, 0.1) is 30.3 Å². The molecule has 1 aromatic carbocycles. The minimum absolute atomic E-state index is 0.138. The Balaban J connectivity index is 1.33. The Morgan fingerprint density at radius 3 is 3.08 bits per heavy atom. The van der Waals surface area contributed by atoms with Gasteiger partial charge in [0.25, 0.3) is 0 Å². The first-order chi connectivity index (χ1) is 11.6. The van der Waals surface area contributed by atoms with Crippen LogP contribution in [0.1, 0.15) is 12.2 Å². The number of H-pyrrole nitrogens is 1.